The predicted octanol–water partition coefficient (Wildman–Crippen LogP) is 1.99. The van der Waals surface area contributed by atoms with E-state index >= 15 is 0 Å². The summed E-state index contributed by atoms with van der Waals surface area (Å²) in [6.45, 7) is 0. The van der Waals surface area contributed by atoms with Crippen LogP contribution in [0.2, 0.25) is 0 Å². The molecule has 7 nitrogen and oxygen atoms in total. The number of imidazole rings is 1. The van der Waals surface area contributed by atoms with Gasteiger partial charge in [0.25, 0.3) is 4.96 Å². The Morgan fingerprint density at radius 2 is 2.21 bits per heavy atom. The molecule has 8 heteroatoms. The number of nitrogens with zero attached hydrogens (tertiary/aromatic N) is 3. The molecule has 0 aromatic carbocycles. The molecule has 0 amide bonds. The van der Waals surface area contributed by atoms with Crippen molar-refractivity contribution < 1.29 is 4.92 Å². The lowest BCUT2D eigenvalue weighted by atomic mass is 9.92. The van der Waals surface area contributed by atoms with Crippen molar-refractivity contribution in [2.75, 3.05) is 5.32 Å². The van der Waals surface area contributed by atoms with E-state index in [-0.39, 0.29) is 22.8 Å². The number of rotatable bonds is 3. The van der Waals surface area contributed by atoms with Crippen LogP contribution in [-0.4, -0.2) is 26.4 Å². The number of fused-ring (bicyclic) bond motifs is 1. The Balaban J connectivity index is 1.86. The normalized spacial score (nSPS) is 23.6. The number of nitrogens with one attached hydrogen (secondary N) is 1. The van der Waals surface area contributed by atoms with E-state index in [1.165, 1.54) is 15.7 Å². The third-order valence-electron chi connectivity index (χ3n) is 3.52. The number of hydrogen-bond donors (Lipinski definition) is 2. The summed E-state index contributed by atoms with van der Waals surface area (Å²) in [5.41, 5.74) is 5.86. The topological polar surface area (TPSA) is 98.5 Å². The summed E-state index contributed by atoms with van der Waals surface area (Å²) in [4.78, 5) is 15.7. The Hall–Kier alpha value is -1.67. The maximum absolute atomic E-state index is 11.2. The first-order valence-corrected chi connectivity index (χ1v) is 7.15. The molecule has 1 fully saturated rings. The van der Waals surface area contributed by atoms with Crippen LogP contribution in [0.5, 0.6) is 0 Å². The van der Waals surface area contributed by atoms with Crippen molar-refractivity contribution in [3.8, 4) is 0 Å². The van der Waals surface area contributed by atoms with Crippen molar-refractivity contribution >= 4 is 27.9 Å². The van der Waals surface area contributed by atoms with Crippen LogP contribution in [0.15, 0.2) is 11.6 Å². The van der Waals surface area contributed by atoms with Crippen LogP contribution in [0.4, 0.5) is 11.6 Å². The fraction of sp³-hybridized carbons (Fsp3) is 0.545. The summed E-state index contributed by atoms with van der Waals surface area (Å²) in [6.07, 6.45) is 5.45. The summed E-state index contributed by atoms with van der Waals surface area (Å²) in [7, 11) is 0. The minimum Gasteiger partial charge on any atom is -0.360 e. The molecule has 0 aliphatic heterocycles. The van der Waals surface area contributed by atoms with E-state index < -0.39 is 0 Å². The molecular weight excluding hydrogens is 266 g/mol. The van der Waals surface area contributed by atoms with Crippen molar-refractivity contribution in [3.63, 3.8) is 0 Å². The highest BCUT2D eigenvalue weighted by Gasteiger charge is 2.27. The van der Waals surface area contributed by atoms with Crippen molar-refractivity contribution in [1.82, 2.24) is 9.38 Å². The van der Waals surface area contributed by atoms with Gasteiger partial charge in [0, 0.05) is 17.5 Å². The summed E-state index contributed by atoms with van der Waals surface area (Å²) < 4.78 is 1.52. The van der Waals surface area contributed by atoms with Gasteiger partial charge in [0.2, 0.25) is 5.82 Å². The molecule has 0 spiro atoms. The summed E-state index contributed by atoms with van der Waals surface area (Å²) in [5, 5.41) is 16.2. The van der Waals surface area contributed by atoms with Crippen LogP contribution in [0.25, 0.3) is 4.96 Å². The Bertz CT molecular complexity index is 599. The van der Waals surface area contributed by atoms with Gasteiger partial charge in [-0.05, 0) is 30.6 Å². The molecule has 2 heterocycles. The smallest absolute Gasteiger partial charge is 0.360 e. The Morgan fingerprint density at radius 3 is 2.89 bits per heavy atom. The molecule has 1 aliphatic carbocycles. The maximum Gasteiger partial charge on any atom is 0.372 e. The van der Waals surface area contributed by atoms with E-state index in [1.54, 1.807) is 11.6 Å². The first-order chi connectivity index (χ1) is 9.15. The van der Waals surface area contributed by atoms with Crippen LogP contribution in [0, 0.1) is 10.1 Å². The zero-order chi connectivity index (χ0) is 13.4. The standard InChI is InChI=1S/C11H15N5O2S/c12-7-1-3-8(4-2-7)13-9-10(16(17)18)15-5-6-19-11(15)14-9/h5-8,13H,1-4,12H2. The lowest BCUT2D eigenvalue weighted by Crippen LogP contribution is -2.33. The minimum absolute atomic E-state index is 0.0196. The molecule has 3 rings (SSSR count). The van der Waals surface area contributed by atoms with Crippen LogP contribution in [0.1, 0.15) is 25.7 Å². The number of hydrogen-bond acceptors (Lipinski definition) is 6. The van der Waals surface area contributed by atoms with Gasteiger partial charge >= 0.3 is 5.82 Å². The molecule has 0 atom stereocenters. The predicted molar refractivity (Wildman–Crippen MR) is 73.6 cm³/mol. The number of anilines is 1. The third kappa shape index (κ3) is 2.28. The molecule has 1 saturated carbocycles. The lowest BCUT2D eigenvalue weighted by molar-refractivity contribution is -0.389. The fourth-order valence-electron chi connectivity index (χ4n) is 2.50. The zero-order valence-corrected chi connectivity index (χ0v) is 11.1. The lowest BCUT2D eigenvalue weighted by Gasteiger charge is -2.26. The Kier molecular flexibility index (Phi) is 3.11. The van der Waals surface area contributed by atoms with E-state index in [4.69, 9.17) is 5.73 Å². The van der Waals surface area contributed by atoms with Crippen molar-refractivity contribution in [2.45, 2.75) is 37.8 Å². The maximum atomic E-state index is 11.2. The molecular formula is C11H15N5O2S. The average molecular weight is 281 g/mol. The highest BCUT2D eigenvalue weighted by Crippen LogP contribution is 2.30. The highest BCUT2D eigenvalue weighted by molar-refractivity contribution is 7.15. The fourth-order valence-corrected chi connectivity index (χ4v) is 3.21. The SMILES string of the molecule is NC1CCC(Nc2nc3sccn3c2[N+](=O)[O-])CC1. The largest absolute Gasteiger partial charge is 0.372 e. The summed E-state index contributed by atoms with van der Waals surface area (Å²) >= 11 is 1.39. The molecule has 0 unspecified atom stereocenters. The summed E-state index contributed by atoms with van der Waals surface area (Å²) in [5.74, 6) is 0.392. The Labute approximate surface area is 113 Å². The van der Waals surface area contributed by atoms with Crippen LogP contribution in [0.3, 0.4) is 0 Å². The molecule has 0 saturated heterocycles. The number of nitrogens with two attached hydrogens (primary N) is 1. The van der Waals surface area contributed by atoms with Crippen molar-refractivity contribution in [1.29, 1.82) is 0 Å². The third-order valence-corrected chi connectivity index (χ3v) is 4.28. The van der Waals surface area contributed by atoms with Gasteiger partial charge < -0.3 is 21.2 Å². The molecule has 102 valence electrons. The molecule has 0 radical (unpaired) electrons. The van der Waals surface area contributed by atoms with E-state index in [9.17, 15) is 10.1 Å². The van der Waals surface area contributed by atoms with Gasteiger partial charge in [-0.3, -0.25) is 0 Å². The number of nitro groups is 1. The van der Waals surface area contributed by atoms with E-state index in [1.807, 2.05) is 0 Å². The average Bonchev–Trinajstić information content (AvgIpc) is 2.91. The second-order valence-electron chi connectivity index (χ2n) is 4.85. The second-order valence-corrected chi connectivity index (χ2v) is 5.73. The van der Waals surface area contributed by atoms with Crippen LogP contribution < -0.4 is 11.1 Å². The number of thiazole rings is 1. The van der Waals surface area contributed by atoms with Gasteiger partial charge in [0.1, 0.15) is 6.20 Å². The quantitative estimate of drug-likeness (QED) is 0.662. The van der Waals surface area contributed by atoms with Crippen LogP contribution >= 0.6 is 11.3 Å². The molecule has 1 aliphatic rings. The van der Waals surface area contributed by atoms with Gasteiger partial charge in [0.15, 0.2) is 0 Å². The molecule has 2 aromatic rings. The summed E-state index contributed by atoms with van der Waals surface area (Å²) in [6, 6.07) is 0.488. The van der Waals surface area contributed by atoms with Crippen LogP contribution in [-0.2, 0) is 0 Å². The van der Waals surface area contributed by atoms with Crippen molar-refractivity contribution in [3.05, 3.63) is 21.7 Å². The molecule has 3 N–H and O–H groups in total. The van der Waals surface area contributed by atoms with E-state index in [0.717, 1.165) is 25.7 Å². The van der Waals surface area contributed by atoms with E-state index in [0.29, 0.717) is 10.8 Å². The zero-order valence-electron chi connectivity index (χ0n) is 10.3. The number of aromatic nitrogens is 2. The first kappa shape index (κ1) is 12.4. The van der Waals surface area contributed by atoms with Gasteiger partial charge in [-0.2, -0.15) is 9.38 Å². The molecule has 2 aromatic heterocycles. The Morgan fingerprint density at radius 1 is 1.47 bits per heavy atom. The van der Waals surface area contributed by atoms with E-state index in [2.05, 4.69) is 10.3 Å². The minimum atomic E-state index is -0.385. The first-order valence-electron chi connectivity index (χ1n) is 6.27. The molecule has 19 heavy (non-hydrogen) atoms. The molecule has 0 bridgehead atoms. The van der Waals surface area contributed by atoms with Crippen molar-refractivity contribution in [2.24, 2.45) is 5.73 Å². The second kappa shape index (κ2) is 4.78. The van der Waals surface area contributed by atoms with Gasteiger partial charge in [0.05, 0.1) is 0 Å². The van der Waals surface area contributed by atoms with Gasteiger partial charge in [-0.1, -0.05) is 11.3 Å². The van der Waals surface area contributed by atoms with Gasteiger partial charge in [-0.15, -0.1) is 0 Å². The highest BCUT2D eigenvalue weighted by atomic mass is 32.1. The van der Waals surface area contributed by atoms with Gasteiger partial charge in [-0.25, -0.2) is 0 Å². The monoisotopic (exact) mass is 281 g/mol.